The minimum atomic E-state index is -4.82. The molecule has 0 bridgehead atoms. The predicted molar refractivity (Wildman–Crippen MR) is 223 cm³/mol. The number of carbonyl (C=O) groups is 4. The van der Waals surface area contributed by atoms with E-state index in [1.165, 1.54) is 42.2 Å². The number of piperazine rings is 2. The van der Waals surface area contributed by atoms with Crippen molar-refractivity contribution in [2.45, 2.75) is 25.9 Å². The summed E-state index contributed by atoms with van der Waals surface area (Å²) in [6, 6.07) is 7.78. The molecule has 7 rings (SSSR count). The summed E-state index contributed by atoms with van der Waals surface area (Å²) in [5.74, 6) is -1.73. The fourth-order valence-electron chi connectivity index (χ4n) is 8.15. The van der Waals surface area contributed by atoms with Gasteiger partial charge in [-0.25, -0.2) is 19.4 Å². The number of carboxylic acid groups (broad SMARTS) is 1. The molecule has 0 saturated carbocycles. The smallest absolute Gasteiger partial charge is 0.435 e. The average Bonchev–Trinajstić information content (AvgIpc) is 3.86. The van der Waals surface area contributed by atoms with Crippen LogP contribution in [-0.2, 0) is 22.8 Å². The molecule has 0 radical (unpaired) electrons. The molecule has 3 aliphatic heterocycles. The first-order valence-electron chi connectivity index (χ1n) is 20.8. The number of halogens is 4. The Morgan fingerprint density at radius 3 is 2.32 bits per heavy atom. The maximum Gasteiger partial charge on any atom is 0.435 e. The second kappa shape index (κ2) is 19.2. The number of hydrogen-bond acceptors (Lipinski definition) is 10. The number of alkyl halides is 3. The van der Waals surface area contributed by atoms with Crippen LogP contribution in [0, 0.1) is 11.8 Å². The minimum Gasteiger partial charge on any atom is -0.477 e. The average molecular weight is 884 g/mol. The van der Waals surface area contributed by atoms with Gasteiger partial charge in [-0.2, -0.15) is 18.3 Å². The lowest BCUT2D eigenvalue weighted by atomic mass is 9.98. The number of carboxylic acids is 1. The summed E-state index contributed by atoms with van der Waals surface area (Å²) < 4.78 is 45.3. The Labute approximate surface area is 361 Å². The van der Waals surface area contributed by atoms with E-state index in [4.69, 9.17) is 11.6 Å². The number of amides is 3. The number of rotatable bonds is 15. The molecule has 1 aromatic carbocycles. The van der Waals surface area contributed by atoms with Crippen LogP contribution in [0.15, 0.2) is 48.9 Å². The second-order valence-corrected chi connectivity index (χ2v) is 16.3. The van der Waals surface area contributed by atoms with Crippen molar-refractivity contribution >= 4 is 46.7 Å². The molecule has 17 nitrogen and oxygen atoms in total. The molecule has 6 heterocycles. The van der Waals surface area contributed by atoms with Crippen LogP contribution < -0.4 is 25.8 Å². The number of quaternary nitrogens is 1. The Balaban J connectivity index is 0.957. The zero-order valence-corrected chi connectivity index (χ0v) is 35.3. The minimum absolute atomic E-state index is 0.00201. The molecule has 332 valence electrons. The van der Waals surface area contributed by atoms with Crippen LogP contribution in [0.1, 0.15) is 46.4 Å². The van der Waals surface area contributed by atoms with Crippen LogP contribution in [0.2, 0.25) is 5.02 Å². The van der Waals surface area contributed by atoms with Gasteiger partial charge in [0.05, 0.1) is 53.0 Å². The van der Waals surface area contributed by atoms with E-state index in [1.807, 2.05) is 6.92 Å². The van der Waals surface area contributed by atoms with Crippen molar-refractivity contribution in [2.24, 2.45) is 18.9 Å². The second-order valence-electron chi connectivity index (χ2n) is 15.9. The first kappa shape index (κ1) is 44.5. The molecule has 62 heavy (non-hydrogen) atoms. The Kier molecular flexibility index (Phi) is 13.8. The molecule has 2 unspecified atom stereocenters. The van der Waals surface area contributed by atoms with Crippen molar-refractivity contribution in [1.82, 2.24) is 44.7 Å². The number of carbonyl (C=O) groups excluding carboxylic acids is 3. The van der Waals surface area contributed by atoms with Gasteiger partial charge in [0, 0.05) is 103 Å². The number of aromatic nitrogens is 5. The normalized spacial score (nSPS) is 17.1. The third-order valence-electron chi connectivity index (χ3n) is 11.8. The van der Waals surface area contributed by atoms with E-state index in [-0.39, 0.29) is 76.5 Å². The standard InChI is InChI=1S/C41H50ClF3N12O5/c1-3-27(8-11-53(25-35(58)59)23-26-19-47-20-26)39(61)55-14-16-56(17-15-55)40(62)30-6-4-28(18-32(30)42)50-38(60)37-49-22-33(52(37)2)31-24-57(51-36(31)41(43,44)45)34-7-5-29(21-48-34)54-12-9-46-10-13-54/h4-7,18,21-22,24,26-27,46-47H,3,8-17,19-20,23,25H2,1-2H3,(H,50,60)(H,58,59)/p+1. The Bertz CT molecular complexity index is 2250. The Morgan fingerprint density at radius 1 is 0.984 bits per heavy atom. The monoisotopic (exact) mass is 883 g/mol. The molecule has 5 N–H and O–H groups in total. The number of aliphatic carboxylic acids is 1. The molecule has 0 spiro atoms. The molecule has 4 aromatic rings. The third kappa shape index (κ3) is 10.2. The summed E-state index contributed by atoms with van der Waals surface area (Å²) in [5.41, 5.74) is -0.184. The number of imidazole rings is 1. The van der Waals surface area contributed by atoms with Gasteiger partial charge in [-0.05, 0) is 36.8 Å². The SMILES string of the molecule is CCC(CC[NH+](CC(=O)O)CC1CNC1)C(=O)N1CCN(C(=O)c2ccc(NC(=O)c3ncc(-c4cn(-c5ccc(N6CCNCC6)cn5)nc4C(F)(F)F)n3C)cc2Cl)CC1. The molecule has 3 fully saturated rings. The molecule has 21 heteroatoms. The van der Waals surface area contributed by atoms with E-state index < -0.39 is 23.7 Å². The van der Waals surface area contributed by atoms with Crippen LogP contribution in [-0.4, -0.2) is 148 Å². The molecule has 2 atom stereocenters. The lowest BCUT2D eigenvalue weighted by molar-refractivity contribution is -0.897. The highest BCUT2D eigenvalue weighted by Gasteiger charge is 2.39. The van der Waals surface area contributed by atoms with Crippen LogP contribution in [0.25, 0.3) is 17.1 Å². The van der Waals surface area contributed by atoms with E-state index in [0.29, 0.717) is 38.4 Å². The maximum atomic E-state index is 14.3. The van der Waals surface area contributed by atoms with Gasteiger partial charge in [0.1, 0.15) is 0 Å². The summed E-state index contributed by atoms with van der Waals surface area (Å²) in [6.45, 7) is 9.51. The van der Waals surface area contributed by atoms with Gasteiger partial charge >= 0.3 is 12.1 Å². The molecule has 3 saturated heterocycles. The van der Waals surface area contributed by atoms with Gasteiger partial charge in [0.25, 0.3) is 11.8 Å². The van der Waals surface area contributed by atoms with E-state index in [2.05, 4.69) is 35.9 Å². The van der Waals surface area contributed by atoms with Gasteiger partial charge < -0.3 is 45.2 Å². The van der Waals surface area contributed by atoms with Crippen LogP contribution in [0.3, 0.4) is 0 Å². The molecular weight excluding hydrogens is 833 g/mol. The highest BCUT2D eigenvalue weighted by atomic mass is 35.5. The molecule has 0 aliphatic carbocycles. The van der Waals surface area contributed by atoms with E-state index in [1.54, 1.807) is 28.1 Å². The third-order valence-corrected chi connectivity index (χ3v) is 12.1. The fourth-order valence-corrected chi connectivity index (χ4v) is 8.41. The van der Waals surface area contributed by atoms with Crippen molar-refractivity contribution in [3.63, 3.8) is 0 Å². The molecule has 3 aromatic heterocycles. The Hall–Kier alpha value is -5.57. The fraction of sp³-hybridized carbons (Fsp3) is 0.488. The van der Waals surface area contributed by atoms with Crippen LogP contribution >= 0.6 is 11.6 Å². The number of anilines is 2. The van der Waals surface area contributed by atoms with Gasteiger partial charge in [0.2, 0.25) is 5.91 Å². The Morgan fingerprint density at radius 2 is 1.71 bits per heavy atom. The van der Waals surface area contributed by atoms with Gasteiger partial charge in [-0.15, -0.1) is 0 Å². The van der Waals surface area contributed by atoms with Crippen molar-refractivity contribution in [3.8, 4) is 17.1 Å². The summed E-state index contributed by atoms with van der Waals surface area (Å²) in [4.78, 5) is 66.9. The quantitative estimate of drug-likeness (QED) is 0.117. The summed E-state index contributed by atoms with van der Waals surface area (Å²) in [6.07, 6.45) is 0.355. The van der Waals surface area contributed by atoms with Gasteiger partial charge in [-0.3, -0.25) is 14.4 Å². The van der Waals surface area contributed by atoms with E-state index >= 15 is 0 Å². The lowest BCUT2D eigenvalue weighted by Crippen LogP contribution is -3.14. The number of hydrogen-bond donors (Lipinski definition) is 5. The highest BCUT2D eigenvalue weighted by Crippen LogP contribution is 2.37. The predicted octanol–water partition coefficient (Wildman–Crippen LogP) is 1.89. The van der Waals surface area contributed by atoms with Crippen molar-refractivity contribution in [1.29, 1.82) is 0 Å². The molecule has 3 aliphatic rings. The largest absolute Gasteiger partial charge is 0.477 e. The zero-order valence-electron chi connectivity index (χ0n) is 34.5. The summed E-state index contributed by atoms with van der Waals surface area (Å²) in [7, 11) is 1.42. The van der Waals surface area contributed by atoms with Crippen molar-refractivity contribution in [3.05, 3.63) is 71.0 Å². The van der Waals surface area contributed by atoms with Crippen molar-refractivity contribution < 1.29 is 42.4 Å². The van der Waals surface area contributed by atoms with E-state index in [9.17, 15) is 37.5 Å². The molecule has 3 amide bonds. The van der Waals surface area contributed by atoms with E-state index in [0.717, 1.165) is 61.1 Å². The van der Waals surface area contributed by atoms with Crippen LogP contribution in [0.4, 0.5) is 24.5 Å². The number of nitrogens with zero attached hydrogens (tertiary/aromatic N) is 8. The number of nitrogens with one attached hydrogen (secondary N) is 4. The first-order chi connectivity index (χ1) is 29.7. The maximum absolute atomic E-state index is 14.3. The first-order valence-corrected chi connectivity index (χ1v) is 21.1. The number of benzene rings is 1. The summed E-state index contributed by atoms with van der Waals surface area (Å²) >= 11 is 6.57. The topological polar surface area (TPSA) is 187 Å². The lowest BCUT2D eigenvalue weighted by Gasteiger charge is -2.37. The number of pyridine rings is 1. The highest BCUT2D eigenvalue weighted by molar-refractivity contribution is 6.34. The van der Waals surface area contributed by atoms with Crippen molar-refractivity contribution in [2.75, 3.05) is 95.3 Å². The summed E-state index contributed by atoms with van der Waals surface area (Å²) in [5, 5.41) is 22.5. The molecular formula is C41H51ClF3N12O5+. The van der Waals surface area contributed by atoms with Gasteiger partial charge in [-0.1, -0.05) is 18.5 Å². The van der Waals surface area contributed by atoms with Gasteiger partial charge in [0.15, 0.2) is 23.9 Å². The van der Waals surface area contributed by atoms with Crippen LogP contribution in [0.5, 0.6) is 0 Å². The zero-order chi connectivity index (χ0) is 44.1.